The van der Waals surface area contributed by atoms with Gasteiger partial charge in [0.15, 0.2) is 11.5 Å². The normalized spacial score (nSPS) is 10.9. The number of H-pyrrole nitrogens is 1. The van der Waals surface area contributed by atoms with E-state index in [1.54, 1.807) is 44.7 Å². The van der Waals surface area contributed by atoms with E-state index in [-0.39, 0.29) is 5.91 Å². The number of carbonyl (C=O) groups is 1. The van der Waals surface area contributed by atoms with Crippen molar-refractivity contribution in [1.29, 1.82) is 0 Å². The molecule has 0 atom stereocenters. The largest absolute Gasteiger partial charge is 0.493 e. The molecule has 2 aromatic heterocycles. The van der Waals surface area contributed by atoms with Gasteiger partial charge in [0.25, 0.3) is 5.91 Å². The molecular formula is C17H16N4O3. The van der Waals surface area contributed by atoms with Crippen LogP contribution in [0.5, 0.6) is 11.5 Å². The first kappa shape index (κ1) is 15.5. The van der Waals surface area contributed by atoms with Gasteiger partial charge in [-0.3, -0.25) is 9.78 Å². The van der Waals surface area contributed by atoms with Gasteiger partial charge < -0.3 is 14.5 Å². The second kappa shape index (κ2) is 6.82. The predicted molar refractivity (Wildman–Crippen MR) is 90.7 cm³/mol. The van der Waals surface area contributed by atoms with Gasteiger partial charge in [-0.15, -0.1) is 0 Å². The fourth-order valence-electron chi connectivity index (χ4n) is 2.25. The van der Waals surface area contributed by atoms with E-state index in [9.17, 15) is 4.79 Å². The van der Waals surface area contributed by atoms with Gasteiger partial charge in [0, 0.05) is 23.2 Å². The first-order valence-corrected chi connectivity index (χ1v) is 7.20. The van der Waals surface area contributed by atoms with Crippen LogP contribution in [-0.4, -0.2) is 36.3 Å². The van der Waals surface area contributed by atoms with Crippen molar-refractivity contribution in [1.82, 2.24) is 15.4 Å². The standard InChI is InChI=1S/C17H16N4O3/c1-23-15-8-11-7-14(20-13(11)9-16(15)24-2)17(22)21-19-10-12-5-3-4-6-18-12/h3-10,20H,1-2H3,(H,21,22)/b19-10-. The van der Waals surface area contributed by atoms with Gasteiger partial charge in [-0.05, 0) is 24.3 Å². The van der Waals surface area contributed by atoms with E-state index in [2.05, 4.69) is 20.5 Å². The molecule has 24 heavy (non-hydrogen) atoms. The lowest BCUT2D eigenvalue weighted by atomic mass is 10.2. The zero-order valence-electron chi connectivity index (χ0n) is 13.2. The number of rotatable bonds is 5. The van der Waals surface area contributed by atoms with E-state index < -0.39 is 0 Å². The molecule has 3 aromatic rings. The Kier molecular flexibility index (Phi) is 4.42. The monoisotopic (exact) mass is 324 g/mol. The number of amides is 1. The number of aromatic nitrogens is 2. The van der Waals surface area contributed by atoms with Gasteiger partial charge in [-0.25, -0.2) is 5.43 Å². The Balaban J connectivity index is 1.79. The molecule has 3 rings (SSSR count). The van der Waals surface area contributed by atoms with Crippen molar-refractivity contribution in [3.8, 4) is 11.5 Å². The van der Waals surface area contributed by atoms with E-state index in [0.717, 1.165) is 10.9 Å². The second-order valence-electron chi connectivity index (χ2n) is 4.93. The lowest BCUT2D eigenvalue weighted by Gasteiger charge is -2.06. The summed E-state index contributed by atoms with van der Waals surface area (Å²) in [7, 11) is 3.13. The summed E-state index contributed by atoms with van der Waals surface area (Å²) >= 11 is 0. The third-order valence-corrected chi connectivity index (χ3v) is 3.42. The smallest absolute Gasteiger partial charge is 0.287 e. The maximum Gasteiger partial charge on any atom is 0.287 e. The SMILES string of the molecule is COc1cc2cc(C(=O)N/N=C\c3ccccn3)[nH]c2cc1OC. The van der Waals surface area contributed by atoms with Crippen LogP contribution in [0, 0.1) is 0 Å². The van der Waals surface area contributed by atoms with Crippen LogP contribution < -0.4 is 14.9 Å². The highest BCUT2D eigenvalue weighted by molar-refractivity contribution is 5.99. The molecule has 1 aromatic carbocycles. The van der Waals surface area contributed by atoms with Crippen LogP contribution in [0.15, 0.2) is 47.7 Å². The van der Waals surface area contributed by atoms with Gasteiger partial charge >= 0.3 is 0 Å². The molecule has 0 spiro atoms. The number of carbonyl (C=O) groups excluding carboxylic acids is 1. The van der Waals surface area contributed by atoms with Gasteiger partial charge in [0.2, 0.25) is 0 Å². The van der Waals surface area contributed by atoms with Gasteiger partial charge in [0.1, 0.15) is 5.69 Å². The molecule has 7 heteroatoms. The first-order valence-electron chi connectivity index (χ1n) is 7.20. The van der Waals surface area contributed by atoms with Crippen molar-refractivity contribution < 1.29 is 14.3 Å². The van der Waals surface area contributed by atoms with Crippen molar-refractivity contribution in [3.63, 3.8) is 0 Å². The number of hydrogen-bond donors (Lipinski definition) is 2. The molecule has 0 aliphatic heterocycles. The lowest BCUT2D eigenvalue weighted by molar-refractivity contribution is 0.0951. The van der Waals surface area contributed by atoms with Crippen LogP contribution in [0.2, 0.25) is 0 Å². The number of hydrogen-bond acceptors (Lipinski definition) is 5. The van der Waals surface area contributed by atoms with Gasteiger partial charge in [-0.1, -0.05) is 6.07 Å². The van der Waals surface area contributed by atoms with Crippen molar-refractivity contribution in [2.45, 2.75) is 0 Å². The first-order chi connectivity index (χ1) is 11.7. The number of methoxy groups -OCH3 is 2. The van der Waals surface area contributed by atoms with Crippen LogP contribution in [0.25, 0.3) is 10.9 Å². The summed E-state index contributed by atoms with van der Waals surface area (Å²) in [5.41, 5.74) is 4.28. The van der Waals surface area contributed by atoms with E-state index in [4.69, 9.17) is 9.47 Å². The Morgan fingerprint density at radius 1 is 1.21 bits per heavy atom. The van der Waals surface area contributed by atoms with Crippen molar-refractivity contribution >= 4 is 23.0 Å². The van der Waals surface area contributed by atoms with Gasteiger partial charge in [0.05, 0.1) is 26.1 Å². The van der Waals surface area contributed by atoms with E-state index >= 15 is 0 Å². The highest BCUT2D eigenvalue weighted by atomic mass is 16.5. The molecule has 0 radical (unpaired) electrons. The summed E-state index contributed by atoms with van der Waals surface area (Å²) in [6, 6.07) is 10.7. The van der Waals surface area contributed by atoms with Gasteiger partial charge in [-0.2, -0.15) is 5.10 Å². The molecule has 0 aliphatic carbocycles. The number of fused-ring (bicyclic) bond motifs is 1. The number of aromatic amines is 1. The van der Waals surface area contributed by atoms with E-state index in [1.807, 2.05) is 12.1 Å². The Labute approximate surface area is 138 Å². The minimum atomic E-state index is -0.351. The molecule has 0 aliphatic rings. The summed E-state index contributed by atoms with van der Waals surface area (Å²) in [5.74, 6) is 0.840. The van der Waals surface area contributed by atoms with Crippen molar-refractivity contribution in [2.75, 3.05) is 14.2 Å². The summed E-state index contributed by atoms with van der Waals surface area (Å²) in [5, 5.41) is 4.74. The molecule has 2 heterocycles. The molecule has 1 amide bonds. The fourth-order valence-corrected chi connectivity index (χ4v) is 2.25. The topological polar surface area (TPSA) is 88.6 Å². The highest BCUT2D eigenvalue weighted by Gasteiger charge is 2.12. The molecule has 0 unspecified atom stereocenters. The van der Waals surface area contributed by atoms with Crippen molar-refractivity contribution in [3.05, 3.63) is 54.0 Å². The van der Waals surface area contributed by atoms with E-state index in [0.29, 0.717) is 22.9 Å². The number of nitrogens with zero attached hydrogens (tertiary/aromatic N) is 2. The molecule has 7 nitrogen and oxygen atoms in total. The minimum Gasteiger partial charge on any atom is -0.493 e. The average molecular weight is 324 g/mol. The zero-order chi connectivity index (χ0) is 16.9. The number of nitrogens with one attached hydrogen (secondary N) is 2. The van der Waals surface area contributed by atoms with Crippen LogP contribution >= 0.6 is 0 Å². The number of hydrazone groups is 1. The Hall–Kier alpha value is -3.35. The maximum atomic E-state index is 12.2. The van der Waals surface area contributed by atoms with Crippen LogP contribution in [-0.2, 0) is 0 Å². The lowest BCUT2D eigenvalue weighted by Crippen LogP contribution is -2.17. The van der Waals surface area contributed by atoms with Crippen LogP contribution in [0.4, 0.5) is 0 Å². The van der Waals surface area contributed by atoms with E-state index in [1.165, 1.54) is 6.21 Å². The Morgan fingerprint density at radius 3 is 2.71 bits per heavy atom. The number of ether oxygens (including phenoxy) is 2. The maximum absolute atomic E-state index is 12.2. The Morgan fingerprint density at radius 2 is 2.00 bits per heavy atom. The fraction of sp³-hybridized carbons (Fsp3) is 0.118. The number of pyridine rings is 1. The summed E-state index contributed by atoms with van der Waals surface area (Å²) < 4.78 is 10.5. The third kappa shape index (κ3) is 3.19. The molecule has 0 fully saturated rings. The third-order valence-electron chi connectivity index (χ3n) is 3.42. The predicted octanol–water partition coefficient (Wildman–Crippen LogP) is 2.34. The van der Waals surface area contributed by atoms with Crippen LogP contribution in [0.1, 0.15) is 16.2 Å². The molecule has 0 bridgehead atoms. The quantitative estimate of drug-likeness (QED) is 0.557. The molecule has 0 saturated heterocycles. The molecular weight excluding hydrogens is 308 g/mol. The summed E-state index contributed by atoms with van der Waals surface area (Å²) in [6.07, 6.45) is 3.13. The van der Waals surface area contributed by atoms with Crippen molar-refractivity contribution in [2.24, 2.45) is 5.10 Å². The number of benzene rings is 1. The summed E-state index contributed by atoms with van der Waals surface area (Å²) in [6.45, 7) is 0. The second-order valence-corrected chi connectivity index (χ2v) is 4.93. The molecule has 122 valence electrons. The molecule has 2 N–H and O–H groups in total. The minimum absolute atomic E-state index is 0.351. The summed E-state index contributed by atoms with van der Waals surface area (Å²) in [4.78, 5) is 19.3. The van der Waals surface area contributed by atoms with Crippen LogP contribution in [0.3, 0.4) is 0 Å². The Bertz CT molecular complexity index is 846. The highest BCUT2D eigenvalue weighted by Crippen LogP contribution is 2.32. The molecule has 0 saturated carbocycles. The zero-order valence-corrected chi connectivity index (χ0v) is 13.2. The average Bonchev–Trinajstić information content (AvgIpc) is 3.04.